The summed E-state index contributed by atoms with van der Waals surface area (Å²) in [6.45, 7) is 0.544. The van der Waals surface area contributed by atoms with Gasteiger partial charge in [-0.25, -0.2) is 4.98 Å². The van der Waals surface area contributed by atoms with Crippen molar-refractivity contribution in [2.24, 2.45) is 0 Å². The number of para-hydroxylation sites is 1. The standard InChI is InChI=1S/C22H18N4OS2/c23-19-15-7-8-17(18-6-3-11-28-18)26-22(15)29-20(19)21(27)24-10-9-13-12-25-16-5-2-1-4-14(13)16/h1-8,11-12,25H,9-10,23H2,(H,24,27). The first-order chi connectivity index (χ1) is 14.2. The largest absolute Gasteiger partial charge is 0.397 e. The molecule has 0 atom stereocenters. The monoisotopic (exact) mass is 418 g/mol. The first-order valence-electron chi connectivity index (χ1n) is 9.27. The van der Waals surface area contributed by atoms with E-state index >= 15 is 0 Å². The minimum absolute atomic E-state index is 0.150. The molecule has 0 saturated carbocycles. The Kier molecular flexibility index (Phi) is 4.54. The predicted octanol–water partition coefficient (Wildman–Crippen LogP) is 5.06. The number of aromatic nitrogens is 2. The first-order valence-corrected chi connectivity index (χ1v) is 11.0. The lowest BCUT2D eigenvalue weighted by Gasteiger charge is -2.04. The Morgan fingerprint density at radius 2 is 2.00 bits per heavy atom. The van der Waals surface area contributed by atoms with Gasteiger partial charge in [-0.05, 0) is 41.6 Å². The van der Waals surface area contributed by atoms with Crippen LogP contribution in [-0.4, -0.2) is 22.4 Å². The second-order valence-corrected chi connectivity index (χ2v) is 8.68. The average molecular weight is 419 g/mol. The summed E-state index contributed by atoms with van der Waals surface area (Å²) >= 11 is 2.99. The molecule has 0 fully saturated rings. The van der Waals surface area contributed by atoms with E-state index in [4.69, 9.17) is 10.7 Å². The van der Waals surface area contributed by atoms with Crippen LogP contribution in [0.25, 0.3) is 31.7 Å². The predicted molar refractivity (Wildman–Crippen MR) is 122 cm³/mol. The van der Waals surface area contributed by atoms with Crippen LogP contribution in [0.4, 0.5) is 5.69 Å². The van der Waals surface area contributed by atoms with Crippen LogP contribution < -0.4 is 11.1 Å². The number of amides is 1. The number of carbonyl (C=O) groups is 1. The maximum atomic E-state index is 12.7. The number of nitrogens with zero attached hydrogens (tertiary/aromatic N) is 1. The molecule has 1 aromatic carbocycles. The van der Waals surface area contributed by atoms with E-state index in [1.165, 1.54) is 22.3 Å². The minimum atomic E-state index is -0.150. The molecule has 0 spiro atoms. The number of hydrogen-bond donors (Lipinski definition) is 3. The molecular weight excluding hydrogens is 400 g/mol. The lowest BCUT2D eigenvalue weighted by molar-refractivity contribution is 0.0959. The molecule has 29 heavy (non-hydrogen) atoms. The molecule has 5 rings (SSSR count). The van der Waals surface area contributed by atoms with Crippen molar-refractivity contribution in [2.75, 3.05) is 12.3 Å². The van der Waals surface area contributed by atoms with Crippen LogP contribution in [0.2, 0.25) is 0 Å². The number of aromatic amines is 1. The highest BCUT2D eigenvalue weighted by molar-refractivity contribution is 7.21. The topological polar surface area (TPSA) is 83.8 Å². The van der Waals surface area contributed by atoms with Crippen LogP contribution in [0, 0.1) is 0 Å². The summed E-state index contributed by atoms with van der Waals surface area (Å²) in [5, 5.41) is 7.04. The third-order valence-electron chi connectivity index (χ3n) is 4.93. The van der Waals surface area contributed by atoms with Gasteiger partial charge < -0.3 is 16.0 Å². The molecular formula is C22H18N4OS2. The fourth-order valence-corrected chi connectivity index (χ4v) is 5.16. The lowest BCUT2D eigenvalue weighted by Crippen LogP contribution is -2.25. The smallest absolute Gasteiger partial charge is 0.263 e. The molecule has 0 radical (unpaired) electrons. The fraction of sp³-hybridized carbons (Fsp3) is 0.0909. The van der Waals surface area contributed by atoms with E-state index in [0.717, 1.165) is 32.7 Å². The molecule has 0 bridgehead atoms. The van der Waals surface area contributed by atoms with Gasteiger partial charge in [-0.1, -0.05) is 24.3 Å². The van der Waals surface area contributed by atoms with E-state index in [1.54, 1.807) is 11.3 Å². The molecule has 4 heterocycles. The number of pyridine rings is 1. The molecule has 0 saturated heterocycles. The van der Waals surface area contributed by atoms with Crippen LogP contribution in [-0.2, 0) is 6.42 Å². The van der Waals surface area contributed by atoms with Crippen LogP contribution in [0.3, 0.4) is 0 Å². The number of H-pyrrole nitrogens is 1. The van der Waals surface area contributed by atoms with Gasteiger partial charge in [0.1, 0.15) is 9.71 Å². The van der Waals surface area contributed by atoms with Crippen molar-refractivity contribution < 1.29 is 4.79 Å². The Hall–Kier alpha value is -3.16. The third kappa shape index (κ3) is 3.28. The van der Waals surface area contributed by atoms with Crippen LogP contribution in [0.1, 0.15) is 15.2 Å². The summed E-state index contributed by atoms with van der Waals surface area (Å²) in [6.07, 6.45) is 2.75. The number of anilines is 1. The van der Waals surface area contributed by atoms with Gasteiger partial charge in [0.2, 0.25) is 0 Å². The molecule has 0 unspecified atom stereocenters. The van der Waals surface area contributed by atoms with E-state index in [9.17, 15) is 4.79 Å². The highest BCUT2D eigenvalue weighted by atomic mass is 32.1. The Bertz CT molecular complexity index is 1320. The Labute approximate surface area is 175 Å². The van der Waals surface area contributed by atoms with Crippen LogP contribution >= 0.6 is 22.7 Å². The maximum absolute atomic E-state index is 12.7. The van der Waals surface area contributed by atoms with Crippen molar-refractivity contribution in [1.82, 2.24) is 15.3 Å². The van der Waals surface area contributed by atoms with Crippen molar-refractivity contribution >= 4 is 55.4 Å². The van der Waals surface area contributed by atoms with Crippen molar-refractivity contribution in [2.45, 2.75) is 6.42 Å². The number of fused-ring (bicyclic) bond motifs is 2. The Morgan fingerprint density at radius 3 is 2.86 bits per heavy atom. The zero-order valence-corrected chi connectivity index (χ0v) is 17.1. The highest BCUT2D eigenvalue weighted by Gasteiger charge is 2.18. The van der Waals surface area contributed by atoms with E-state index in [-0.39, 0.29) is 5.91 Å². The normalized spacial score (nSPS) is 11.3. The minimum Gasteiger partial charge on any atom is -0.397 e. The van der Waals surface area contributed by atoms with Crippen molar-refractivity contribution in [3.05, 3.63) is 70.5 Å². The number of nitrogens with one attached hydrogen (secondary N) is 2. The molecule has 1 amide bonds. The van der Waals surface area contributed by atoms with E-state index < -0.39 is 0 Å². The Morgan fingerprint density at radius 1 is 1.10 bits per heavy atom. The molecule has 7 heteroatoms. The summed E-state index contributed by atoms with van der Waals surface area (Å²) in [5.41, 5.74) is 9.95. The second kappa shape index (κ2) is 7.35. The van der Waals surface area contributed by atoms with Crippen molar-refractivity contribution in [1.29, 1.82) is 0 Å². The SMILES string of the molecule is Nc1c(C(=O)NCCc2c[nH]c3ccccc23)sc2nc(-c3cccs3)ccc12. The summed E-state index contributed by atoms with van der Waals surface area (Å²) < 4.78 is 0. The number of thiophene rings is 2. The van der Waals surface area contributed by atoms with Crippen LogP contribution in [0.5, 0.6) is 0 Å². The van der Waals surface area contributed by atoms with E-state index in [2.05, 4.69) is 16.4 Å². The second-order valence-electron chi connectivity index (χ2n) is 6.74. The number of carbonyl (C=O) groups excluding carboxylic acids is 1. The molecule has 144 valence electrons. The zero-order chi connectivity index (χ0) is 19.8. The zero-order valence-electron chi connectivity index (χ0n) is 15.4. The van der Waals surface area contributed by atoms with Gasteiger partial charge in [0, 0.05) is 29.0 Å². The molecule has 4 N–H and O–H groups in total. The molecule has 5 nitrogen and oxygen atoms in total. The van der Waals surface area contributed by atoms with Gasteiger partial charge in [0.05, 0.1) is 16.3 Å². The first kappa shape index (κ1) is 17.9. The quantitative estimate of drug-likeness (QED) is 0.373. The molecule has 4 aromatic heterocycles. The lowest BCUT2D eigenvalue weighted by atomic mass is 10.1. The highest BCUT2D eigenvalue weighted by Crippen LogP contribution is 2.34. The summed E-state index contributed by atoms with van der Waals surface area (Å²) in [7, 11) is 0. The van der Waals surface area contributed by atoms with Gasteiger partial charge >= 0.3 is 0 Å². The van der Waals surface area contributed by atoms with Crippen molar-refractivity contribution in [3.8, 4) is 10.6 Å². The summed E-state index contributed by atoms with van der Waals surface area (Å²) in [6, 6.07) is 16.1. The van der Waals surface area contributed by atoms with Crippen LogP contribution in [0.15, 0.2) is 60.1 Å². The molecule has 0 aliphatic heterocycles. The average Bonchev–Trinajstić information content (AvgIpc) is 3.47. The van der Waals surface area contributed by atoms with Crippen molar-refractivity contribution in [3.63, 3.8) is 0 Å². The summed E-state index contributed by atoms with van der Waals surface area (Å²) in [4.78, 5) is 23.1. The van der Waals surface area contributed by atoms with Gasteiger partial charge in [-0.2, -0.15) is 0 Å². The molecule has 5 aromatic rings. The van der Waals surface area contributed by atoms with Gasteiger partial charge in [-0.15, -0.1) is 22.7 Å². The molecule has 0 aliphatic carbocycles. The fourth-order valence-electron chi connectivity index (χ4n) is 3.46. The number of nitrogen functional groups attached to an aromatic ring is 1. The van der Waals surface area contributed by atoms with Gasteiger partial charge in [0.15, 0.2) is 0 Å². The van der Waals surface area contributed by atoms with Gasteiger partial charge in [-0.3, -0.25) is 4.79 Å². The third-order valence-corrected chi connectivity index (χ3v) is 6.93. The van der Waals surface area contributed by atoms with E-state index in [0.29, 0.717) is 17.1 Å². The number of benzene rings is 1. The van der Waals surface area contributed by atoms with Gasteiger partial charge in [0.25, 0.3) is 5.91 Å². The maximum Gasteiger partial charge on any atom is 0.263 e. The number of hydrogen-bond acceptors (Lipinski definition) is 5. The summed E-state index contributed by atoms with van der Waals surface area (Å²) in [5.74, 6) is -0.150. The number of nitrogens with two attached hydrogens (primary N) is 1. The van der Waals surface area contributed by atoms with E-state index in [1.807, 2.05) is 54.0 Å². The Balaban J connectivity index is 1.33. The number of rotatable bonds is 5. The molecule has 0 aliphatic rings.